The Morgan fingerprint density at radius 2 is 1.56 bits per heavy atom. The van der Waals surface area contributed by atoms with Gasteiger partial charge >= 0.3 is 5.97 Å². The zero-order chi connectivity index (χ0) is 29.8. The maximum absolute atomic E-state index is 11.6. The van der Waals surface area contributed by atoms with Gasteiger partial charge < -0.3 is 15.0 Å². The van der Waals surface area contributed by atoms with Gasteiger partial charge in [-0.05, 0) is 61.5 Å². The van der Waals surface area contributed by atoms with Gasteiger partial charge in [0.1, 0.15) is 11.3 Å². The predicted molar refractivity (Wildman–Crippen MR) is 171 cm³/mol. The molecule has 0 atom stereocenters. The van der Waals surface area contributed by atoms with E-state index in [9.17, 15) is 4.79 Å². The number of pyridine rings is 1. The van der Waals surface area contributed by atoms with Crippen molar-refractivity contribution in [3.63, 3.8) is 0 Å². The lowest BCUT2D eigenvalue weighted by atomic mass is 10.1. The summed E-state index contributed by atoms with van der Waals surface area (Å²) in [6, 6.07) is 15.2. The highest BCUT2D eigenvalue weighted by Gasteiger charge is 2.18. The average Bonchev–Trinajstić information content (AvgIpc) is 3.35. The lowest BCUT2D eigenvalue weighted by molar-refractivity contribution is -0.140. The van der Waals surface area contributed by atoms with Crippen LogP contribution >= 0.6 is 0 Å². The molecule has 0 aliphatic rings. The molecule has 4 aromatic rings. The van der Waals surface area contributed by atoms with Crippen molar-refractivity contribution in [2.45, 2.75) is 92.7 Å². The molecule has 222 valence electrons. The summed E-state index contributed by atoms with van der Waals surface area (Å²) in [5.74, 6) is 1.27. The molecule has 0 fully saturated rings. The molecule has 0 saturated carbocycles. The number of hydrogen-bond donors (Lipinski definition) is 1. The molecular weight excluding hydrogens is 510 g/mol. The van der Waals surface area contributed by atoms with E-state index in [4.69, 9.17) is 20.4 Å². The van der Waals surface area contributed by atoms with Gasteiger partial charge in [-0.3, -0.25) is 9.69 Å². The van der Waals surface area contributed by atoms with Gasteiger partial charge in [0.25, 0.3) is 0 Å². The van der Waals surface area contributed by atoms with Crippen LogP contribution < -0.4 is 5.73 Å². The molecule has 41 heavy (non-hydrogen) atoms. The Morgan fingerprint density at radius 3 is 2.20 bits per heavy atom. The van der Waals surface area contributed by atoms with Crippen molar-refractivity contribution in [1.82, 2.24) is 19.4 Å². The van der Waals surface area contributed by atoms with Crippen LogP contribution in [0.3, 0.4) is 0 Å². The highest BCUT2D eigenvalue weighted by Crippen LogP contribution is 2.31. The van der Waals surface area contributed by atoms with Crippen LogP contribution in [0.4, 0.5) is 5.82 Å². The van der Waals surface area contributed by atoms with Crippen LogP contribution in [-0.2, 0) is 35.5 Å². The molecule has 0 unspecified atom stereocenters. The van der Waals surface area contributed by atoms with E-state index in [1.165, 1.54) is 31.1 Å². The Labute approximate surface area is 246 Å². The van der Waals surface area contributed by atoms with Crippen LogP contribution in [-0.4, -0.2) is 45.6 Å². The van der Waals surface area contributed by atoms with Crippen LogP contribution in [0.15, 0.2) is 42.5 Å². The molecule has 2 aromatic carbocycles. The average molecular weight is 560 g/mol. The number of imidazole rings is 1. The largest absolute Gasteiger partial charge is 0.469 e. The molecule has 0 bridgehead atoms. The number of anilines is 1. The van der Waals surface area contributed by atoms with Crippen LogP contribution in [0.1, 0.15) is 89.2 Å². The van der Waals surface area contributed by atoms with Gasteiger partial charge in [-0.25, -0.2) is 9.97 Å². The summed E-state index contributed by atoms with van der Waals surface area (Å²) in [5, 5.41) is 1.03. The number of carbonyl (C=O) groups is 1. The predicted octanol–water partition coefficient (Wildman–Crippen LogP) is 7.31. The summed E-state index contributed by atoms with van der Waals surface area (Å²) < 4.78 is 7.13. The second-order valence-corrected chi connectivity index (χ2v) is 10.4. The number of aryl methyl sites for hydroxylation is 2. The van der Waals surface area contributed by atoms with Gasteiger partial charge in [0.15, 0.2) is 5.82 Å². The highest BCUT2D eigenvalue weighted by molar-refractivity contribution is 6.06. The highest BCUT2D eigenvalue weighted by atomic mass is 16.5. The molecule has 2 heterocycles. The molecule has 0 radical (unpaired) electrons. The normalized spacial score (nSPS) is 11.2. The molecule has 4 rings (SSSR count). The Balaban J connectivity index is 0.00000226. The van der Waals surface area contributed by atoms with E-state index < -0.39 is 0 Å². The number of methoxy groups -OCH3 is 1. The fourth-order valence-corrected chi connectivity index (χ4v) is 5.30. The fourth-order valence-electron chi connectivity index (χ4n) is 5.30. The van der Waals surface area contributed by atoms with E-state index in [0.717, 1.165) is 78.8 Å². The number of ether oxygens (including phenoxy) is 1. The third kappa shape index (κ3) is 8.29. The van der Waals surface area contributed by atoms with E-state index in [-0.39, 0.29) is 5.97 Å². The van der Waals surface area contributed by atoms with E-state index >= 15 is 0 Å². The number of unbranched alkanes of at least 4 members (excludes halogenated alkanes) is 1. The first kappa shape index (κ1) is 32.1. The number of nitrogens with zero attached hydrogens (tertiary/aromatic N) is 4. The molecule has 0 spiro atoms. The lowest BCUT2D eigenvalue weighted by Crippen LogP contribution is -2.24. The number of aromatic nitrogens is 3. The molecule has 2 aromatic heterocycles. The zero-order valence-electron chi connectivity index (χ0n) is 26.0. The van der Waals surface area contributed by atoms with E-state index in [2.05, 4.69) is 66.6 Å². The SMILES string of the molecule is CC.CCCCc1nc2c(N)nc3cc(CCC(=O)OC)ccc3c2n1Cc1ccc(CN(CCC)CCC)cc1. The summed E-state index contributed by atoms with van der Waals surface area (Å²) in [4.78, 5) is 23.9. The third-order valence-electron chi connectivity index (χ3n) is 7.30. The van der Waals surface area contributed by atoms with Crippen molar-refractivity contribution in [3.8, 4) is 0 Å². The first-order valence-electron chi connectivity index (χ1n) is 15.4. The van der Waals surface area contributed by atoms with Crippen LogP contribution in [0.2, 0.25) is 0 Å². The van der Waals surface area contributed by atoms with Gasteiger partial charge in [-0.1, -0.05) is 77.4 Å². The second kappa shape index (κ2) is 16.1. The van der Waals surface area contributed by atoms with Crippen LogP contribution in [0.25, 0.3) is 21.9 Å². The Morgan fingerprint density at radius 1 is 0.902 bits per heavy atom. The number of nitrogen functional groups attached to an aromatic ring is 1. The van der Waals surface area contributed by atoms with E-state index in [0.29, 0.717) is 18.7 Å². The Hall–Kier alpha value is -3.45. The van der Waals surface area contributed by atoms with Crippen molar-refractivity contribution < 1.29 is 9.53 Å². The quantitative estimate of drug-likeness (QED) is 0.163. The summed E-state index contributed by atoms with van der Waals surface area (Å²) in [6.45, 7) is 14.7. The summed E-state index contributed by atoms with van der Waals surface area (Å²) >= 11 is 0. The standard InChI is InChI=1S/C32H43N5O2.C2H6/c1-5-8-9-28-35-30-31(26-16-14-23(15-17-29(38)39-4)20-27(26)34-32(30)33)37(28)22-25-12-10-24(11-13-25)21-36(18-6-2)19-7-3;1-2/h10-14,16,20H,5-9,15,17-19,21-22H2,1-4H3,(H2,33,34);1-2H3. The molecule has 2 N–H and O–H groups in total. The molecule has 0 amide bonds. The molecule has 0 aliphatic carbocycles. The zero-order valence-corrected chi connectivity index (χ0v) is 26.0. The van der Waals surface area contributed by atoms with Gasteiger partial charge in [0.2, 0.25) is 0 Å². The number of benzene rings is 2. The summed E-state index contributed by atoms with van der Waals surface area (Å²) in [5.41, 5.74) is 12.7. The molecule has 7 nitrogen and oxygen atoms in total. The Bertz CT molecular complexity index is 1390. The number of esters is 1. The number of carbonyl (C=O) groups excluding carboxylic acids is 1. The van der Waals surface area contributed by atoms with Crippen LogP contribution in [0.5, 0.6) is 0 Å². The maximum atomic E-state index is 11.6. The smallest absolute Gasteiger partial charge is 0.305 e. The number of nitrogens with two attached hydrogens (primary N) is 1. The van der Waals surface area contributed by atoms with Gasteiger partial charge in [-0.2, -0.15) is 0 Å². The minimum absolute atomic E-state index is 0.217. The summed E-state index contributed by atoms with van der Waals surface area (Å²) in [6.07, 6.45) is 6.34. The maximum Gasteiger partial charge on any atom is 0.305 e. The van der Waals surface area contributed by atoms with Gasteiger partial charge in [-0.15, -0.1) is 0 Å². The topological polar surface area (TPSA) is 86.3 Å². The molecule has 7 heteroatoms. The van der Waals surface area contributed by atoms with Gasteiger partial charge in [0.05, 0.1) is 18.1 Å². The molecular formula is C34H49N5O2. The molecule has 0 saturated heterocycles. The first-order chi connectivity index (χ1) is 20.0. The first-order valence-corrected chi connectivity index (χ1v) is 15.4. The third-order valence-corrected chi connectivity index (χ3v) is 7.30. The van der Waals surface area contributed by atoms with Crippen molar-refractivity contribution in [1.29, 1.82) is 0 Å². The second-order valence-electron chi connectivity index (χ2n) is 10.4. The van der Waals surface area contributed by atoms with Crippen molar-refractivity contribution in [2.24, 2.45) is 0 Å². The fraction of sp³-hybridized carbons (Fsp3) is 0.500. The number of hydrogen-bond acceptors (Lipinski definition) is 6. The summed E-state index contributed by atoms with van der Waals surface area (Å²) in [7, 11) is 1.42. The monoisotopic (exact) mass is 559 g/mol. The van der Waals surface area contributed by atoms with Crippen molar-refractivity contribution >= 4 is 33.7 Å². The Kier molecular flexibility index (Phi) is 12.6. The van der Waals surface area contributed by atoms with Crippen LogP contribution in [0, 0.1) is 0 Å². The minimum Gasteiger partial charge on any atom is -0.469 e. The van der Waals surface area contributed by atoms with Crippen molar-refractivity contribution in [3.05, 3.63) is 65.0 Å². The number of rotatable bonds is 14. The van der Waals surface area contributed by atoms with Crippen molar-refractivity contribution in [2.75, 3.05) is 25.9 Å². The van der Waals surface area contributed by atoms with E-state index in [1.54, 1.807) is 0 Å². The number of fused-ring (bicyclic) bond motifs is 3. The minimum atomic E-state index is -0.217. The van der Waals surface area contributed by atoms with Gasteiger partial charge in [0, 0.05) is 31.3 Å². The molecule has 0 aliphatic heterocycles. The lowest BCUT2D eigenvalue weighted by Gasteiger charge is -2.21. The van der Waals surface area contributed by atoms with E-state index in [1.807, 2.05) is 19.9 Å².